The molecule has 21 heavy (non-hydrogen) atoms. The minimum atomic E-state index is 0.341. The lowest BCUT2D eigenvalue weighted by molar-refractivity contribution is 0.107. The minimum absolute atomic E-state index is 0.341. The SMILES string of the molecule is CCOCCC1(CN=C(N)NC2CCCCC2)CCCC1. The van der Waals surface area contributed by atoms with Crippen LogP contribution in [0.5, 0.6) is 0 Å². The van der Waals surface area contributed by atoms with Gasteiger partial charge in [0.2, 0.25) is 0 Å². The monoisotopic (exact) mass is 295 g/mol. The van der Waals surface area contributed by atoms with Crippen molar-refractivity contribution in [1.29, 1.82) is 0 Å². The van der Waals surface area contributed by atoms with Crippen LogP contribution in [-0.2, 0) is 4.74 Å². The predicted octanol–water partition coefficient (Wildman–Crippen LogP) is 3.21. The first-order valence-electron chi connectivity index (χ1n) is 8.88. The van der Waals surface area contributed by atoms with Gasteiger partial charge in [0.1, 0.15) is 0 Å². The highest BCUT2D eigenvalue weighted by atomic mass is 16.5. The summed E-state index contributed by atoms with van der Waals surface area (Å²) < 4.78 is 5.55. The van der Waals surface area contributed by atoms with E-state index < -0.39 is 0 Å². The second-order valence-corrected chi connectivity index (χ2v) is 6.83. The van der Waals surface area contributed by atoms with Gasteiger partial charge in [0.05, 0.1) is 0 Å². The maximum atomic E-state index is 6.10. The number of hydrogen-bond acceptors (Lipinski definition) is 2. The molecule has 2 saturated carbocycles. The summed E-state index contributed by atoms with van der Waals surface area (Å²) in [5.74, 6) is 0.657. The highest BCUT2D eigenvalue weighted by Crippen LogP contribution is 2.41. The molecule has 0 aliphatic heterocycles. The molecule has 2 aliphatic rings. The van der Waals surface area contributed by atoms with E-state index in [1.807, 2.05) is 0 Å². The first-order valence-corrected chi connectivity index (χ1v) is 8.88. The molecule has 0 saturated heterocycles. The van der Waals surface area contributed by atoms with Crippen molar-refractivity contribution < 1.29 is 4.74 Å². The molecule has 2 fully saturated rings. The minimum Gasteiger partial charge on any atom is -0.382 e. The third-order valence-corrected chi connectivity index (χ3v) is 5.19. The van der Waals surface area contributed by atoms with E-state index in [-0.39, 0.29) is 0 Å². The van der Waals surface area contributed by atoms with Gasteiger partial charge in [0.15, 0.2) is 5.96 Å². The smallest absolute Gasteiger partial charge is 0.188 e. The summed E-state index contributed by atoms with van der Waals surface area (Å²) in [5.41, 5.74) is 6.45. The van der Waals surface area contributed by atoms with Crippen LogP contribution in [0, 0.1) is 5.41 Å². The lowest BCUT2D eigenvalue weighted by Gasteiger charge is -2.28. The highest BCUT2D eigenvalue weighted by Gasteiger charge is 2.33. The fourth-order valence-electron chi connectivity index (χ4n) is 3.80. The molecular formula is C17H33N3O. The molecule has 2 rings (SSSR count). The van der Waals surface area contributed by atoms with Gasteiger partial charge in [0.25, 0.3) is 0 Å². The maximum Gasteiger partial charge on any atom is 0.188 e. The number of nitrogens with one attached hydrogen (secondary N) is 1. The standard InChI is InChI=1S/C17H33N3O/c1-2-21-13-12-17(10-6-7-11-17)14-19-16(18)20-15-8-4-3-5-9-15/h15H,2-14H2,1H3,(H3,18,19,20). The number of nitrogens with two attached hydrogens (primary N) is 1. The first-order chi connectivity index (χ1) is 10.2. The van der Waals surface area contributed by atoms with Gasteiger partial charge >= 0.3 is 0 Å². The first kappa shape index (κ1) is 16.6. The fourth-order valence-corrected chi connectivity index (χ4v) is 3.80. The third-order valence-electron chi connectivity index (χ3n) is 5.19. The van der Waals surface area contributed by atoms with Gasteiger partial charge in [-0.15, -0.1) is 0 Å². The van der Waals surface area contributed by atoms with Crippen molar-refractivity contribution >= 4 is 5.96 Å². The average Bonchev–Trinajstić information content (AvgIpc) is 2.96. The fraction of sp³-hybridized carbons (Fsp3) is 0.941. The molecule has 4 heteroatoms. The molecule has 0 bridgehead atoms. The maximum absolute atomic E-state index is 6.10. The van der Waals surface area contributed by atoms with Gasteiger partial charge in [-0.2, -0.15) is 0 Å². The number of ether oxygens (including phenoxy) is 1. The largest absolute Gasteiger partial charge is 0.382 e. The van der Waals surface area contributed by atoms with Crippen LogP contribution >= 0.6 is 0 Å². The van der Waals surface area contributed by atoms with E-state index in [2.05, 4.69) is 17.2 Å². The van der Waals surface area contributed by atoms with Crippen LogP contribution in [0.3, 0.4) is 0 Å². The Kier molecular flexibility index (Phi) is 6.81. The Morgan fingerprint density at radius 3 is 2.57 bits per heavy atom. The molecule has 0 amide bonds. The van der Waals surface area contributed by atoms with Crippen LogP contribution in [0.2, 0.25) is 0 Å². The van der Waals surface area contributed by atoms with Gasteiger partial charge in [-0.3, -0.25) is 4.99 Å². The van der Waals surface area contributed by atoms with E-state index in [9.17, 15) is 0 Å². The molecule has 0 aromatic carbocycles. The predicted molar refractivity (Wildman–Crippen MR) is 88.5 cm³/mol. The number of guanidine groups is 1. The summed E-state index contributed by atoms with van der Waals surface area (Å²) in [5, 5.41) is 3.42. The zero-order valence-corrected chi connectivity index (χ0v) is 13.7. The van der Waals surface area contributed by atoms with E-state index in [1.165, 1.54) is 57.8 Å². The van der Waals surface area contributed by atoms with E-state index in [1.54, 1.807) is 0 Å². The molecular weight excluding hydrogens is 262 g/mol. The van der Waals surface area contributed by atoms with E-state index >= 15 is 0 Å². The zero-order chi connectivity index (χ0) is 15.0. The van der Waals surface area contributed by atoms with Gasteiger partial charge < -0.3 is 15.8 Å². The Morgan fingerprint density at radius 1 is 1.19 bits per heavy atom. The van der Waals surface area contributed by atoms with E-state index in [0.717, 1.165) is 26.2 Å². The van der Waals surface area contributed by atoms with Crippen molar-refractivity contribution in [2.45, 2.75) is 77.2 Å². The molecule has 3 N–H and O–H groups in total. The van der Waals surface area contributed by atoms with E-state index in [0.29, 0.717) is 17.4 Å². The van der Waals surface area contributed by atoms with Crippen molar-refractivity contribution in [3.05, 3.63) is 0 Å². The summed E-state index contributed by atoms with van der Waals surface area (Å²) >= 11 is 0. The quantitative estimate of drug-likeness (QED) is 0.431. The number of nitrogens with zero attached hydrogens (tertiary/aromatic N) is 1. The second kappa shape index (κ2) is 8.62. The van der Waals surface area contributed by atoms with Gasteiger partial charge in [-0.1, -0.05) is 32.1 Å². The molecule has 0 aromatic rings. The van der Waals surface area contributed by atoms with Crippen LogP contribution in [-0.4, -0.2) is 31.8 Å². The molecule has 0 aromatic heterocycles. The molecule has 0 radical (unpaired) electrons. The van der Waals surface area contributed by atoms with Crippen molar-refractivity contribution in [3.63, 3.8) is 0 Å². The highest BCUT2D eigenvalue weighted by molar-refractivity contribution is 5.78. The Morgan fingerprint density at radius 2 is 1.90 bits per heavy atom. The molecule has 0 atom stereocenters. The molecule has 0 spiro atoms. The van der Waals surface area contributed by atoms with Crippen LogP contribution in [0.1, 0.15) is 71.1 Å². The van der Waals surface area contributed by atoms with Crippen molar-refractivity contribution in [1.82, 2.24) is 5.32 Å². The second-order valence-electron chi connectivity index (χ2n) is 6.83. The number of aliphatic imine (C=N–C) groups is 1. The Bertz CT molecular complexity index is 318. The van der Waals surface area contributed by atoms with Crippen LogP contribution < -0.4 is 11.1 Å². The lowest BCUT2D eigenvalue weighted by Crippen LogP contribution is -2.41. The topological polar surface area (TPSA) is 59.6 Å². The molecule has 122 valence electrons. The van der Waals surface area contributed by atoms with Gasteiger partial charge in [0, 0.05) is 25.8 Å². The summed E-state index contributed by atoms with van der Waals surface area (Å²) in [6, 6.07) is 0.547. The number of hydrogen-bond donors (Lipinski definition) is 2. The Hall–Kier alpha value is -0.770. The van der Waals surface area contributed by atoms with Crippen molar-refractivity contribution in [2.24, 2.45) is 16.1 Å². The third kappa shape index (κ3) is 5.50. The molecule has 0 heterocycles. The summed E-state index contributed by atoms with van der Waals surface area (Å²) in [6.07, 6.45) is 12.8. The van der Waals surface area contributed by atoms with Crippen LogP contribution in [0.4, 0.5) is 0 Å². The molecule has 0 unspecified atom stereocenters. The van der Waals surface area contributed by atoms with Crippen molar-refractivity contribution in [2.75, 3.05) is 19.8 Å². The van der Waals surface area contributed by atoms with Crippen LogP contribution in [0.25, 0.3) is 0 Å². The van der Waals surface area contributed by atoms with Crippen LogP contribution in [0.15, 0.2) is 4.99 Å². The van der Waals surface area contributed by atoms with Gasteiger partial charge in [-0.05, 0) is 44.4 Å². The summed E-state index contributed by atoms with van der Waals surface area (Å²) in [4.78, 5) is 4.68. The van der Waals surface area contributed by atoms with E-state index in [4.69, 9.17) is 10.5 Å². The van der Waals surface area contributed by atoms with Gasteiger partial charge in [-0.25, -0.2) is 0 Å². The average molecular weight is 295 g/mol. The normalized spacial score (nSPS) is 23.4. The van der Waals surface area contributed by atoms with Crippen molar-refractivity contribution in [3.8, 4) is 0 Å². The Labute approximate surface area is 129 Å². The molecule has 2 aliphatic carbocycles. The Balaban J connectivity index is 1.80. The number of rotatable bonds is 7. The lowest BCUT2D eigenvalue weighted by atomic mass is 9.83. The summed E-state index contributed by atoms with van der Waals surface area (Å²) in [7, 11) is 0. The molecule has 4 nitrogen and oxygen atoms in total. The zero-order valence-electron chi connectivity index (χ0n) is 13.7. The summed E-state index contributed by atoms with van der Waals surface area (Å²) in [6.45, 7) is 4.60.